The van der Waals surface area contributed by atoms with Crippen molar-refractivity contribution in [3.05, 3.63) is 27.7 Å². The molecular formula is C14H16Cl2N2OS. The fraction of sp³-hybridized carbons (Fsp3) is 0.429. The molecule has 0 saturated heterocycles. The molecule has 108 valence electrons. The Kier molecular flexibility index (Phi) is 4.57. The first-order valence-electron chi connectivity index (χ1n) is 6.44. The van der Waals surface area contributed by atoms with E-state index in [-0.39, 0.29) is 10.9 Å². The topological polar surface area (TPSA) is 55.1 Å². The number of rotatable bonds is 3. The van der Waals surface area contributed by atoms with E-state index in [9.17, 15) is 4.79 Å². The number of hydrogen-bond acceptors (Lipinski definition) is 2. The number of amides is 1. The Morgan fingerprint density at radius 1 is 1.30 bits per heavy atom. The lowest BCUT2D eigenvalue weighted by atomic mass is 9.85. The van der Waals surface area contributed by atoms with Crippen molar-refractivity contribution in [3.63, 3.8) is 0 Å². The average Bonchev–Trinajstić information content (AvgIpc) is 2.86. The molecule has 1 aliphatic rings. The van der Waals surface area contributed by atoms with Gasteiger partial charge in [0.1, 0.15) is 0 Å². The number of nitrogens with one attached hydrogen (secondary N) is 1. The van der Waals surface area contributed by atoms with Crippen LogP contribution in [0.4, 0.5) is 5.69 Å². The van der Waals surface area contributed by atoms with Crippen molar-refractivity contribution in [2.24, 2.45) is 11.1 Å². The molecular weight excluding hydrogens is 315 g/mol. The van der Waals surface area contributed by atoms with Gasteiger partial charge in [0.2, 0.25) is 5.91 Å². The SMILES string of the molecule is Cc1cc(Cl)c(NC(=O)C2(C(N)=S)CCCC2)cc1Cl. The summed E-state index contributed by atoms with van der Waals surface area (Å²) < 4.78 is 0. The third kappa shape index (κ3) is 2.78. The molecule has 0 aliphatic heterocycles. The number of halogens is 2. The molecule has 0 aromatic heterocycles. The molecule has 0 spiro atoms. The molecule has 1 amide bonds. The first kappa shape index (κ1) is 15.5. The van der Waals surface area contributed by atoms with E-state index in [1.807, 2.05) is 6.92 Å². The second kappa shape index (κ2) is 5.88. The summed E-state index contributed by atoms with van der Waals surface area (Å²) in [5.74, 6) is -0.190. The molecule has 1 saturated carbocycles. The first-order valence-corrected chi connectivity index (χ1v) is 7.60. The van der Waals surface area contributed by atoms with Gasteiger partial charge in [-0.25, -0.2) is 0 Å². The zero-order valence-electron chi connectivity index (χ0n) is 11.1. The maximum atomic E-state index is 12.5. The third-order valence-electron chi connectivity index (χ3n) is 3.86. The lowest BCUT2D eigenvalue weighted by molar-refractivity contribution is -0.122. The van der Waals surface area contributed by atoms with Crippen LogP contribution in [0.15, 0.2) is 12.1 Å². The number of nitrogens with two attached hydrogens (primary N) is 1. The summed E-state index contributed by atoms with van der Waals surface area (Å²) in [5.41, 5.74) is 6.39. The number of carbonyl (C=O) groups excluding carboxylic acids is 1. The summed E-state index contributed by atoms with van der Waals surface area (Å²) in [5, 5.41) is 3.83. The van der Waals surface area contributed by atoms with Gasteiger partial charge in [-0.3, -0.25) is 4.79 Å². The molecule has 3 nitrogen and oxygen atoms in total. The minimum absolute atomic E-state index is 0.190. The van der Waals surface area contributed by atoms with Gasteiger partial charge in [-0.15, -0.1) is 0 Å². The summed E-state index contributed by atoms with van der Waals surface area (Å²) in [7, 11) is 0. The normalized spacial score (nSPS) is 16.9. The zero-order chi connectivity index (χ0) is 14.9. The van der Waals surface area contributed by atoms with E-state index in [0.717, 1.165) is 18.4 Å². The first-order chi connectivity index (χ1) is 9.36. The minimum Gasteiger partial charge on any atom is -0.392 e. The van der Waals surface area contributed by atoms with Crippen molar-refractivity contribution < 1.29 is 4.79 Å². The lowest BCUT2D eigenvalue weighted by Crippen LogP contribution is -2.44. The van der Waals surface area contributed by atoms with Crippen molar-refractivity contribution in [3.8, 4) is 0 Å². The average molecular weight is 331 g/mol. The minimum atomic E-state index is -0.754. The number of thiocarbonyl (C=S) groups is 1. The molecule has 20 heavy (non-hydrogen) atoms. The van der Waals surface area contributed by atoms with Gasteiger partial charge in [-0.05, 0) is 37.5 Å². The van der Waals surface area contributed by atoms with E-state index in [2.05, 4.69) is 5.32 Å². The Morgan fingerprint density at radius 2 is 1.90 bits per heavy atom. The van der Waals surface area contributed by atoms with E-state index in [0.29, 0.717) is 28.6 Å². The molecule has 1 aromatic rings. The predicted molar refractivity (Wildman–Crippen MR) is 87.5 cm³/mol. The molecule has 2 rings (SSSR count). The second-order valence-corrected chi connectivity index (χ2v) is 6.44. The van der Waals surface area contributed by atoms with Crippen LogP contribution in [-0.4, -0.2) is 10.9 Å². The molecule has 0 unspecified atom stereocenters. The Hall–Kier alpha value is -0.840. The quantitative estimate of drug-likeness (QED) is 0.821. The molecule has 0 radical (unpaired) electrons. The smallest absolute Gasteiger partial charge is 0.237 e. The van der Waals surface area contributed by atoms with Crippen LogP contribution in [0, 0.1) is 12.3 Å². The van der Waals surface area contributed by atoms with Crippen molar-refractivity contribution >= 4 is 52.0 Å². The van der Waals surface area contributed by atoms with Crippen LogP contribution < -0.4 is 11.1 Å². The van der Waals surface area contributed by atoms with Crippen molar-refractivity contribution in [2.75, 3.05) is 5.32 Å². The predicted octanol–water partition coefficient (Wildman–Crippen LogP) is 4.09. The summed E-state index contributed by atoms with van der Waals surface area (Å²) in [4.78, 5) is 12.8. The Bertz CT molecular complexity index is 569. The molecule has 1 aliphatic carbocycles. The number of carbonyl (C=O) groups is 1. The van der Waals surface area contributed by atoms with Crippen LogP contribution in [-0.2, 0) is 4.79 Å². The molecule has 0 atom stereocenters. The number of aryl methyl sites for hydroxylation is 1. The van der Waals surface area contributed by atoms with E-state index >= 15 is 0 Å². The van der Waals surface area contributed by atoms with Crippen molar-refractivity contribution in [1.29, 1.82) is 0 Å². The van der Waals surface area contributed by atoms with Crippen molar-refractivity contribution in [2.45, 2.75) is 32.6 Å². The van der Waals surface area contributed by atoms with E-state index in [1.165, 1.54) is 0 Å². The molecule has 3 N–H and O–H groups in total. The van der Waals surface area contributed by atoms with Gasteiger partial charge in [0.15, 0.2) is 0 Å². The molecule has 1 fully saturated rings. The van der Waals surface area contributed by atoms with Gasteiger partial charge in [0.05, 0.1) is 21.1 Å². The lowest BCUT2D eigenvalue weighted by Gasteiger charge is -2.26. The van der Waals surface area contributed by atoms with E-state index in [1.54, 1.807) is 12.1 Å². The van der Waals surface area contributed by atoms with Gasteiger partial charge in [0, 0.05) is 5.02 Å². The van der Waals surface area contributed by atoms with Gasteiger partial charge >= 0.3 is 0 Å². The van der Waals surface area contributed by atoms with Gasteiger partial charge in [-0.2, -0.15) is 0 Å². The van der Waals surface area contributed by atoms with Crippen LogP contribution in [0.2, 0.25) is 10.0 Å². The number of benzene rings is 1. The maximum absolute atomic E-state index is 12.5. The van der Waals surface area contributed by atoms with Gasteiger partial charge in [0.25, 0.3) is 0 Å². The van der Waals surface area contributed by atoms with E-state index in [4.69, 9.17) is 41.2 Å². The summed E-state index contributed by atoms with van der Waals surface area (Å²) in [6, 6.07) is 3.38. The molecule has 0 heterocycles. The van der Waals surface area contributed by atoms with Crippen LogP contribution in [0.5, 0.6) is 0 Å². The maximum Gasteiger partial charge on any atom is 0.237 e. The summed E-state index contributed by atoms with van der Waals surface area (Å²) >= 11 is 17.3. The largest absolute Gasteiger partial charge is 0.392 e. The fourth-order valence-corrected chi connectivity index (χ4v) is 3.27. The highest BCUT2D eigenvalue weighted by molar-refractivity contribution is 7.80. The molecule has 6 heteroatoms. The highest BCUT2D eigenvalue weighted by Gasteiger charge is 2.44. The Morgan fingerprint density at radius 3 is 2.45 bits per heavy atom. The summed E-state index contributed by atoms with van der Waals surface area (Å²) in [6.07, 6.45) is 3.27. The van der Waals surface area contributed by atoms with Crippen LogP contribution in [0.1, 0.15) is 31.2 Å². The van der Waals surface area contributed by atoms with Crippen LogP contribution >= 0.6 is 35.4 Å². The van der Waals surface area contributed by atoms with E-state index < -0.39 is 5.41 Å². The van der Waals surface area contributed by atoms with Crippen molar-refractivity contribution in [1.82, 2.24) is 0 Å². The van der Waals surface area contributed by atoms with Gasteiger partial charge < -0.3 is 11.1 Å². The van der Waals surface area contributed by atoms with Crippen LogP contribution in [0.3, 0.4) is 0 Å². The van der Waals surface area contributed by atoms with Gasteiger partial charge in [-0.1, -0.05) is 48.3 Å². The fourth-order valence-electron chi connectivity index (χ4n) is 2.55. The molecule has 1 aromatic carbocycles. The monoisotopic (exact) mass is 330 g/mol. The Labute approximate surface area is 133 Å². The molecule has 0 bridgehead atoms. The second-order valence-electron chi connectivity index (χ2n) is 5.19. The third-order valence-corrected chi connectivity index (χ3v) is 4.97. The highest BCUT2D eigenvalue weighted by atomic mass is 35.5. The zero-order valence-corrected chi connectivity index (χ0v) is 13.5. The standard InChI is InChI=1S/C14H16Cl2N2OS/c1-8-6-10(16)11(7-9(8)15)18-13(19)14(12(17)20)4-2-3-5-14/h6-7H,2-5H2,1H3,(H2,17,20)(H,18,19). The Balaban J connectivity index is 2.27. The van der Waals surface area contributed by atoms with Crippen LogP contribution in [0.25, 0.3) is 0 Å². The number of anilines is 1. The number of hydrogen-bond donors (Lipinski definition) is 2. The summed E-state index contributed by atoms with van der Waals surface area (Å²) in [6.45, 7) is 1.85. The highest BCUT2D eigenvalue weighted by Crippen LogP contribution is 2.40.